The summed E-state index contributed by atoms with van der Waals surface area (Å²) in [6.07, 6.45) is 4.33. The molecule has 1 unspecified atom stereocenters. The molecule has 0 aliphatic carbocycles. The normalized spacial score (nSPS) is 17.4. The number of aromatic nitrogens is 2. The molecular weight excluding hydrogens is 340 g/mol. The molecule has 0 aromatic carbocycles. The smallest absolute Gasteiger partial charge is 0.358 e. The quantitative estimate of drug-likeness (QED) is 0.614. The Morgan fingerprint density at radius 1 is 1.33 bits per heavy atom. The standard InChI is InChI=1S/C13H19BrN4O3/c1-9-11(14)12(18(20)21)15-17(9)10(2)13(19)16-7-5-3-4-6-8-16/h10H,3-8H2,1-2H3. The second kappa shape index (κ2) is 6.55. The van der Waals surface area contributed by atoms with Gasteiger partial charge in [-0.1, -0.05) is 12.8 Å². The lowest BCUT2D eigenvalue weighted by Crippen LogP contribution is -2.37. The zero-order valence-corrected chi connectivity index (χ0v) is 13.8. The summed E-state index contributed by atoms with van der Waals surface area (Å²) in [5, 5.41) is 14.9. The number of likely N-dealkylation sites (tertiary alicyclic amines) is 1. The van der Waals surface area contributed by atoms with Crippen LogP contribution in [-0.4, -0.2) is 38.6 Å². The minimum absolute atomic E-state index is 0.0232. The van der Waals surface area contributed by atoms with Crippen LogP contribution in [0.5, 0.6) is 0 Å². The number of nitrogens with zero attached hydrogens (tertiary/aromatic N) is 4. The van der Waals surface area contributed by atoms with E-state index in [4.69, 9.17) is 0 Å². The van der Waals surface area contributed by atoms with Crippen molar-refractivity contribution in [3.8, 4) is 0 Å². The molecule has 0 spiro atoms. The van der Waals surface area contributed by atoms with Gasteiger partial charge in [-0.3, -0.25) is 4.79 Å². The molecule has 0 saturated carbocycles. The van der Waals surface area contributed by atoms with E-state index in [1.807, 2.05) is 4.90 Å². The maximum Gasteiger partial charge on any atom is 0.404 e. The van der Waals surface area contributed by atoms with E-state index in [0.29, 0.717) is 10.2 Å². The van der Waals surface area contributed by atoms with Crippen molar-refractivity contribution in [2.75, 3.05) is 13.1 Å². The average Bonchev–Trinajstić information content (AvgIpc) is 2.66. The Labute approximate surface area is 131 Å². The van der Waals surface area contributed by atoms with Gasteiger partial charge in [0, 0.05) is 13.1 Å². The largest absolute Gasteiger partial charge is 0.404 e. The van der Waals surface area contributed by atoms with Crippen LogP contribution in [0, 0.1) is 17.0 Å². The van der Waals surface area contributed by atoms with E-state index in [9.17, 15) is 14.9 Å². The monoisotopic (exact) mass is 358 g/mol. The highest BCUT2D eigenvalue weighted by atomic mass is 79.9. The van der Waals surface area contributed by atoms with Crippen LogP contribution in [0.15, 0.2) is 4.47 Å². The molecule has 1 fully saturated rings. The van der Waals surface area contributed by atoms with Gasteiger partial charge in [0.25, 0.3) is 0 Å². The van der Waals surface area contributed by atoms with Gasteiger partial charge in [-0.25, -0.2) is 0 Å². The highest BCUT2D eigenvalue weighted by molar-refractivity contribution is 9.10. The van der Waals surface area contributed by atoms with Crippen LogP contribution in [0.1, 0.15) is 44.3 Å². The van der Waals surface area contributed by atoms with E-state index in [1.165, 1.54) is 4.68 Å². The summed E-state index contributed by atoms with van der Waals surface area (Å²) in [7, 11) is 0. The third kappa shape index (κ3) is 3.25. The number of nitro groups is 1. The minimum Gasteiger partial charge on any atom is -0.358 e. The second-order valence-electron chi connectivity index (χ2n) is 5.34. The summed E-state index contributed by atoms with van der Waals surface area (Å²) in [6.45, 7) is 4.97. The summed E-state index contributed by atoms with van der Waals surface area (Å²) in [6, 6.07) is -0.534. The first kappa shape index (κ1) is 15.9. The summed E-state index contributed by atoms with van der Waals surface area (Å²) in [5.74, 6) is -0.270. The Kier molecular flexibility index (Phi) is 4.97. The molecule has 1 aliphatic rings. The van der Waals surface area contributed by atoms with Crippen LogP contribution >= 0.6 is 15.9 Å². The summed E-state index contributed by atoms with van der Waals surface area (Å²) >= 11 is 3.18. The lowest BCUT2D eigenvalue weighted by atomic mass is 10.2. The molecule has 21 heavy (non-hydrogen) atoms. The predicted molar refractivity (Wildman–Crippen MR) is 81.1 cm³/mol. The zero-order chi connectivity index (χ0) is 15.6. The Bertz CT molecular complexity index is 550. The second-order valence-corrected chi connectivity index (χ2v) is 6.13. The number of hydrogen-bond acceptors (Lipinski definition) is 4. The van der Waals surface area contributed by atoms with Crippen molar-refractivity contribution in [1.82, 2.24) is 14.7 Å². The van der Waals surface area contributed by atoms with Crippen molar-refractivity contribution in [3.05, 3.63) is 20.3 Å². The molecule has 2 rings (SSSR count). The average molecular weight is 359 g/mol. The van der Waals surface area contributed by atoms with Crippen LogP contribution in [0.2, 0.25) is 0 Å². The number of amides is 1. The molecule has 2 heterocycles. The summed E-state index contributed by atoms with van der Waals surface area (Å²) in [5.41, 5.74) is 0.595. The maximum atomic E-state index is 12.6. The molecule has 1 atom stereocenters. The van der Waals surface area contributed by atoms with Gasteiger partial charge in [-0.2, -0.15) is 4.68 Å². The van der Waals surface area contributed by atoms with E-state index >= 15 is 0 Å². The van der Waals surface area contributed by atoms with Crippen molar-refractivity contribution in [1.29, 1.82) is 0 Å². The third-order valence-electron chi connectivity index (χ3n) is 3.87. The highest BCUT2D eigenvalue weighted by Gasteiger charge is 2.31. The first-order valence-corrected chi connectivity index (χ1v) is 7.90. The molecule has 1 aromatic heterocycles. The minimum atomic E-state index is -0.545. The van der Waals surface area contributed by atoms with Crippen molar-refractivity contribution in [2.45, 2.75) is 45.6 Å². The molecule has 1 saturated heterocycles. The van der Waals surface area contributed by atoms with Crippen molar-refractivity contribution in [3.63, 3.8) is 0 Å². The SMILES string of the molecule is Cc1c(Br)c([N+](=O)[O-])nn1C(C)C(=O)N1CCCCCC1. The zero-order valence-electron chi connectivity index (χ0n) is 12.2. The van der Waals surface area contributed by atoms with Crippen molar-refractivity contribution in [2.24, 2.45) is 0 Å². The van der Waals surface area contributed by atoms with Gasteiger partial charge in [0.2, 0.25) is 5.91 Å². The molecule has 1 aliphatic heterocycles. The molecule has 116 valence electrons. The van der Waals surface area contributed by atoms with E-state index in [1.54, 1.807) is 13.8 Å². The van der Waals surface area contributed by atoms with Gasteiger partial charge in [0.15, 0.2) is 0 Å². The molecule has 8 heteroatoms. The van der Waals surface area contributed by atoms with Gasteiger partial charge >= 0.3 is 5.82 Å². The fraction of sp³-hybridized carbons (Fsp3) is 0.692. The number of carbonyl (C=O) groups excluding carboxylic acids is 1. The lowest BCUT2D eigenvalue weighted by molar-refractivity contribution is -0.390. The molecule has 1 amide bonds. The molecule has 0 N–H and O–H groups in total. The van der Waals surface area contributed by atoms with Crippen molar-refractivity contribution < 1.29 is 9.72 Å². The number of carbonyl (C=O) groups is 1. The van der Waals surface area contributed by atoms with Gasteiger partial charge in [0.1, 0.15) is 10.5 Å². The Balaban J connectivity index is 2.22. The van der Waals surface area contributed by atoms with Crippen LogP contribution in [0.25, 0.3) is 0 Å². The Morgan fingerprint density at radius 2 is 1.90 bits per heavy atom. The topological polar surface area (TPSA) is 81.3 Å². The Hall–Kier alpha value is -1.44. The maximum absolute atomic E-state index is 12.6. The first-order chi connectivity index (χ1) is 9.93. The van der Waals surface area contributed by atoms with E-state index in [0.717, 1.165) is 38.8 Å². The fourth-order valence-corrected chi connectivity index (χ4v) is 3.04. The van der Waals surface area contributed by atoms with Gasteiger partial charge < -0.3 is 15.0 Å². The summed E-state index contributed by atoms with van der Waals surface area (Å²) in [4.78, 5) is 24.8. The van der Waals surface area contributed by atoms with Gasteiger partial charge in [-0.15, -0.1) is 0 Å². The van der Waals surface area contributed by atoms with E-state index in [-0.39, 0.29) is 11.7 Å². The third-order valence-corrected chi connectivity index (χ3v) is 4.80. The highest BCUT2D eigenvalue weighted by Crippen LogP contribution is 2.29. The van der Waals surface area contributed by atoms with Gasteiger partial charge in [-0.05, 0) is 47.5 Å². The van der Waals surface area contributed by atoms with Crippen LogP contribution in [-0.2, 0) is 4.79 Å². The first-order valence-electron chi connectivity index (χ1n) is 7.11. The van der Waals surface area contributed by atoms with Crippen LogP contribution in [0.3, 0.4) is 0 Å². The number of halogens is 1. The van der Waals surface area contributed by atoms with Crippen LogP contribution < -0.4 is 0 Å². The molecule has 0 bridgehead atoms. The molecule has 0 radical (unpaired) electrons. The number of hydrogen-bond donors (Lipinski definition) is 0. The fourth-order valence-electron chi connectivity index (χ4n) is 2.64. The van der Waals surface area contributed by atoms with E-state index < -0.39 is 11.0 Å². The molecule has 7 nitrogen and oxygen atoms in total. The molecule has 1 aromatic rings. The van der Waals surface area contributed by atoms with E-state index in [2.05, 4.69) is 21.0 Å². The Morgan fingerprint density at radius 3 is 2.38 bits per heavy atom. The number of rotatable bonds is 3. The lowest BCUT2D eigenvalue weighted by Gasteiger charge is -2.23. The van der Waals surface area contributed by atoms with Crippen LogP contribution in [0.4, 0.5) is 5.82 Å². The van der Waals surface area contributed by atoms with Crippen molar-refractivity contribution >= 4 is 27.7 Å². The summed E-state index contributed by atoms with van der Waals surface area (Å²) < 4.78 is 1.78. The van der Waals surface area contributed by atoms with Gasteiger partial charge in [0.05, 0.1) is 10.8 Å². The molecular formula is C13H19BrN4O3. The predicted octanol–water partition coefficient (Wildman–Crippen LogP) is 2.83.